The van der Waals surface area contributed by atoms with Crippen LogP contribution in [0.3, 0.4) is 0 Å². The Bertz CT molecular complexity index is 1060. The van der Waals surface area contributed by atoms with Crippen LogP contribution in [0.4, 0.5) is 11.8 Å². The van der Waals surface area contributed by atoms with Gasteiger partial charge < -0.3 is 10.2 Å². The van der Waals surface area contributed by atoms with Crippen LogP contribution in [0, 0.1) is 11.3 Å². The van der Waals surface area contributed by atoms with Crippen LogP contribution in [0.1, 0.15) is 12.5 Å². The summed E-state index contributed by atoms with van der Waals surface area (Å²) in [6, 6.07) is 13.1. The third kappa shape index (κ3) is 2.98. The van der Waals surface area contributed by atoms with E-state index in [1.165, 1.54) is 18.4 Å². The Morgan fingerprint density at radius 1 is 1.19 bits per heavy atom. The smallest absolute Gasteiger partial charge is 0.265 e. The second-order valence-electron chi connectivity index (χ2n) is 5.20. The molecule has 2 heterocycles. The summed E-state index contributed by atoms with van der Waals surface area (Å²) < 4.78 is 32.4. The zero-order valence-electron chi connectivity index (χ0n) is 13.8. The maximum atomic E-state index is 13.0. The monoisotopic (exact) mass is 369 g/mol. The van der Waals surface area contributed by atoms with Crippen LogP contribution in [0.2, 0.25) is 0 Å². The molecule has 1 aromatic carbocycles. The molecule has 132 valence electrons. The molecule has 0 amide bonds. The Hall–Kier alpha value is -3.38. The summed E-state index contributed by atoms with van der Waals surface area (Å²) in [5.41, 5.74) is 5.88. The minimum atomic E-state index is -3.93. The Labute approximate surface area is 150 Å². The fourth-order valence-corrected chi connectivity index (χ4v) is 3.95. The van der Waals surface area contributed by atoms with Gasteiger partial charge in [-0.05, 0) is 31.2 Å². The molecule has 0 aliphatic carbocycles. The van der Waals surface area contributed by atoms with Gasteiger partial charge in [-0.25, -0.2) is 17.7 Å². The molecular weight excluding hydrogens is 354 g/mol. The number of nitrogens with two attached hydrogens (primary N) is 1. The summed E-state index contributed by atoms with van der Waals surface area (Å²) in [5, 5.41) is 9.64. The molecule has 0 saturated carbocycles. The topological polar surface area (TPSA) is 126 Å². The van der Waals surface area contributed by atoms with Crippen LogP contribution in [0.5, 0.6) is 0 Å². The van der Waals surface area contributed by atoms with Crippen LogP contribution in [0.25, 0.3) is 11.5 Å². The van der Waals surface area contributed by atoms with Gasteiger partial charge in [-0.15, -0.1) is 0 Å². The number of benzene rings is 1. The van der Waals surface area contributed by atoms with Crippen molar-refractivity contribution in [1.82, 2.24) is 9.97 Å². The Kier molecular flexibility index (Phi) is 4.60. The number of nitrogens with zero attached hydrogens (tertiary/aromatic N) is 4. The first-order valence-electron chi connectivity index (χ1n) is 7.68. The van der Waals surface area contributed by atoms with E-state index in [0.717, 1.165) is 4.31 Å². The quantitative estimate of drug-likeness (QED) is 0.731. The number of aromatic nitrogens is 2. The van der Waals surface area contributed by atoms with Gasteiger partial charge in [-0.1, -0.05) is 18.2 Å². The highest BCUT2D eigenvalue weighted by molar-refractivity contribution is 7.92. The first-order chi connectivity index (χ1) is 12.5. The van der Waals surface area contributed by atoms with E-state index in [9.17, 15) is 13.7 Å². The maximum absolute atomic E-state index is 13.0. The lowest BCUT2D eigenvalue weighted by molar-refractivity contribution is 0.579. The number of hydrogen-bond acceptors (Lipinski definition) is 7. The largest absolute Gasteiger partial charge is 0.463 e. The number of anilines is 2. The molecule has 0 aliphatic rings. The maximum Gasteiger partial charge on any atom is 0.265 e. The van der Waals surface area contributed by atoms with Gasteiger partial charge in [0.2, 0.25) is 5.95 Å². The van der Waals surface area contributed by atoms with Crippen LogP contribution in [0.15, 0.2) is 58.0 Å². The average molecular weight is 369 g/mol. The summed E-state index contributed by atoms with van der Waals surface area (Å²) in [4.78, 5) is 8.16. The Balaban J connectivity index is 2.23. The van der Waals surface area contributed by atoms with Crippen molar-refractivity contribution in [2.24, 2.45) is 0 Å². The Morgan fingerprint density at radius 2 is 1.92 bits per heavy atom. The molecule has 0 spiro atoms. The van der Waals surface area contributed by atoms with Crippen molar-refractivity contribution >= 4 is 21.8 Å². The highest BCUT2D eigenvalue weighted by Crippen LogP contribution is 2.31. The lowest BCUT2D eigenvalue weighted by Gasteiger charge is -2.23. The lowest BCUT2D eigenvalue weighted by atomic mass is 10.2. The number of sulfonamides is 1. The van der Waals surface area contributed by atoms with Crippen molar-refractivity contribution in [3.8, 4) is 17.5 Å². The van der Waals surface area contributed by atoms with Crippen molar-refractivity contribution in [2.75, 3.05) is 16.6 Å². The molecule has 3 aromatic rings. The summed E-state index contributed by atoms with van der Waals surface area (Å²) >= 11 is 0. The summed E-state index contributed by atoms with van der Waals surface area (Å²) in [6.45, 7) is 1.70. The number of furan rings is 1. The first-order valence-corrected chi connectivity index (χ1v) is 9.12. The molecule has 3 rings (SSSR count). The van der Waals surface area contributed by atoms with E-state index in [-0.39, 0.29) is 34.5 Å². The lowest BCUT2D eigenvalue weighted by Crippen LogP contribution is -2.32. The third-order valence-corrected chi connectivity index (χ3v) is 5.51. The minimum Gasteiger partial charge on any atom is -0.463 e. The molecule has 0 saturated heterocycles. The van der Waals surface area contributed by atoms with E-state index in [0.29, 0.717) is 5.76 Å². The molecule has 0 fully saturated rings. The molecule has 9 heteroatoms. The number of nitriles is 1. The normalized spacial score (nSPS) is 11.1. The molecule has 0 unspecified atom stereocenters. The van der Waals surface area contributed by atoms with Crippen molar-refractivity contribution in [3.63, 3.8) is 0 Å². The fourth-order valence-electron chi connectivity index (χ4n) is 2.49. The minimum absolute atomic E-state index is 0.0319. The van der Waals surface area contributed by atoms with Crippen LogP contribution >= 0.6 is 0 Å². The van der Waals surface area contributed by atoms with Crippen molar-refractivity contribution in [2.45, 2.75) is 11.8 Å². The number of rotatable bonds is 5. The second-order valence-corrected chi connectivity index (χ2v) is 7.06. The highest BCUT2D eigenvalue weighted by atomic mass is 32.2. The molecule has 2 aromatic heterocycles. The van der Waals surface area contributed by atoms with E-state index in [1.54, 1.807) is 37.3 Å². The van der Waals surface area contributed by atoms with Crippen LogP contribution in [-0.4, -0.2) is 24.9 Å². The summed E-state index contributed by atoms with van der Waals surface area (Å²) in [5.74, 6) is 0.0509. The van der Waals surface area contributed by atoms with Crippen LogP contribution in [-0.2, 0) is 10.0 Å². The zero-order chi connectivity index (χ0) is 18.7. The fraction of sp³-hybridized carbons (Fsp3) is 0.118. The van der Waals surface area contributed by atoms with Gasteiger partial charge >= 0.3 is 0 Å². The van der Waals surface area contributed by atoms with Gasteiger partial charge in [0.25, 0.3) is 10.0 Å². The molecule has 0 radical (unpaired) electrons. The molecule has 2 N–H and O–H groups in total. The zero-order valence-corrected chi connectivity index (χ0v) is 14.6. The predicted molar refractivity (Wildman–Crippen MR) is 95.5 cm³/mol. The van der Waals surface area contributed by atoms with E-state index in [1.807, 2.05) is 6.07 Å². The number of hydrogen-bond donors (Lipinski definition) is 1. The van der Waals surface area contributed by atoms with Gasteiger partial charge in [0.05, 0.1) is 11.2 Å². The molecule has 26 heavy (non-hydrogen) atoms. The van der Waals surface area contributed by atoms with Gasteiger partial charge in [0.1, 0.15) is 17.3 Å². The second kappa shape index (κ2) is 6.85. The van der Waals surface area contributed by atoms with Crippen molar-refractivity contribution < 1.29 is 12.8 Å². The molecule has 0 bridgehead atoms. The third-order valence-electron chi connectivity index (χ3n) is 3.63. The predicted octanol–water partition coefficient (Wildman–Crippen LogP) is 2.41. The van der Waals surface area contributed by atoms with E-state index >= 15 is 0 Å². The Morgan fingerprint density at radius 3 is 2.50 bits per heavy atom. The van der Waals surface area contributed by atoms with Gasteiger partial charge in [-0.3, -0.25) is 0 Å². The van der Waals surface area contributed by atoms with E-state index in [2.05, 4.69) is 9.97 Å². The van der Waals surface area contributed by atoms with Crippen LogP contribution < -0.4 is 10.0 Å². The molecular formula is C17H15N5O3S. The molecule has 0 atom stereocenters. The van der Waals surface area contributed by atoms with E-state index in [4.69, 9.17) is 10.2 Å². The first kappa shape index (κ1) is 17.4. The van der Waals surface area contributed by atoms with Gasteiger partial charge in [-0.2, -0.15) is 10.2 Å². The standard InChI is InChI=1S/C17H15N5O3S/c1-2-22(26(23,24)12-7-4-3-5-8-12)16-13(11-18)15(20-17(19)21-16)14-9-6-10-25-14/h3-10H,2H2,1H3,(H2,19,20,21). The SMILES string of the molecule is CCN(c1nc(N)nc(-c2ccco2)c1C#N)S(=O)(=O)c1ccccc1. The summed E-state index contributed by atoms with van der Waals surface area (Å²) in [7, 11) is -3.93. The van der Waals surface area contributed by atoms with Crippen molar-refractivity contribution in [1.29, 1.82) is 5.26 Å². The summed E-state index contributed by atoms with van der Waals surface area (Å²) in [6.07, 6.45) is 1.42. The average Bonchev–Trinajstić information content (AvgIpc) is 3.17. The molecule has 0 aliphatic heterocycles. The highest BCUT2D eigenvalue weighted by Gasteiger charge is 2.29. The van der Waals surface area contributed by atoms with Crippen molar-refractivity contribution in [3.05, 3.63) is 54.3 Å². The van der Waals surface area contributed by atoms with Gasteiger partial charge in [0.15, 0.2) is 11.6 Å². The molecule has 8 nitrogen and oxygen atoms in total. The van der Waals surface area contributed by atoms with Gasteiger partial charge in [0, 0.05) is 6.54 Å². The number of nitrogen functional groups attached to an aromatic ring is 1. The van der Waals surface area contributed by atoms with E-state index < -0.39 is 10.0 Å².